The zero-order valence-corrected chi connectivity index (χ0v) is 17.3. The first-order chi connectivity index (χ1) is 12.3. The Balaban J connectivity index is 1.95. The summed E-state index contributed by atoms with van der Waals surface area (Å²) in [4.78, 5) is 32.1. The van der Waals surface area contributed by atoms with Gasteiger partial charge in [-0.2, -0.15) is 0 Å². The average Bonchev–Trinajstić information content (AvgIpc) is 2.89. The van der Waals surface area contributed by atoms with Crippen molar-refractivity contribution in [2.75, 3.05) is 5.75 Å². The molecule has 0 atom stereocenters. The van der Waals surface area contributed by atoms with E-state index in [9.17, 15) is 9.59 Å². The van der Waals surface area contributed by atoms with Gasteiger partial charge in [0.1, 0.15) is 4.83 Å². The van der Waals surface area contributed by atoms with Gasteiger partial charge in [0.05, 0.1) is 11.1 Å². The predicted molar refractivity (Wildman–Crippen MR) is 110 cm³/mol. The maximum Gasteiger partial charge on any atom is 0.263 e. The number of Topliss-reactive ketones (excluding diaryl/α,β-unsaturated/α-hetero) is 1. The van der Waals surface area contributed by atoms with Crippen molar-refractivity contribution in [3.63, 3.8) is 0 Å². The van der Waals surface area contributed by atoms with Gasteiger partial charge in [-0.3, -0.25) is 14.2 Å². The summed E-state index contributed by atoms with van der Waals surface area (Å²) in [6.45, 7) is 10.4. The maximum absolute atomic E-state index is 12.9. The van der Waals surface area contributed by atoms with Gasteiger partial charge in [0, 0.05) is 17.0 Å². The summed E-state index contributed by atoms with van der Waals surface area (Å²) in [5.41, 5.74) is 3.78. The Bertz CT molecular complexity index is 1060. The number of hydrogen-bond donors (Lipinski definition) is 0. The van der Waals surface area contributed by atoms with Crippen molar-refractivity contribution in [1.82, 2.24) is 9.55 Å². The molecular formula is C20H22N2O2S2. The fraction of sp³-hybridized carbons (Fsp3) is 0.350. The van der Waals surface area contributed by atoms with Crippen LogP contribution in [0.3, 0.4) is 0 Å². The summed E-state index contributed by atoms with van der Waals surface area (Å²) in [5, 5.41) is 1.32. The molecule has 136 valence electrons. The number of ketones is 1. The molecule has 0 spiro atoms. The second kappa shape index (κ2) is 7.37. The molecule has 0 aliphatic carbocycles. The van der Waals surface area contributed by atoms with Crippen molar-refractivity contribution in [2.24, 2.45) is 0 Å². The largest absolute Gasteiger partial charge is 0.293 e. The van der Waals surface area contributed by atoms with Gasteiger partial charge in [-0.25, -0.2) is 4.98 Å². The van der Waals surface area contributed by atoms with E-state index in [1.54, 1.807) is 4.57 Å². The van der Waals surface area contributed by atoms with E-state index in [2.05, 4.69) is 4.98 Å². The second-order valence-corrected chi connectivity index (χ2v) is 8.58. The minimum Gasteiger partial charge on any atom is -0.293 e. The fourth-order valence-electron chi connectivity index (χ4n) is 2.94. The molecule has 0 aliphatic rings. The lowest BCUT2D eigenvalue weighted by Crippen LogP contribution is -2.22. The molecule has 2 aromatic heterocycles. The van der Waals surface area contributed by atoms with E-state index in [0.717, 1.165) is 32.0 Å². The van der Waals surface area contributed by atoms with Crippen LogP contribution in [-0.2, 0) is 6.54 Å². The molecule has 0 aliphatic heterocycles. The van der Waals surface area contributed by atoms with Gasteiger partial charge in [-0.1, -0.05) is 29.5 Å². The number of nitrogens with zero attached hydrogens (tertiary/aromatic N) is 2. The topological polar surface area (TPSA) is 52.0 Å². The number of carbonyl (C=O) groups is 1. The van der Waals surface area contributed by atoms with Crippen molar-refractivity contribution >= 4 is 39.1 Å². The molecule has 0 bridgehead atoms. The van der Waals surface area contributed by atoms with Crippen LogP contribution in [0.15, 0.2) is 28.2 Å². The Labute approximate surface area is 161 Å². The third-order valence-corrected chi connectivity index (χ3v) is 6.67. The first-order valence-corrected chi connectivity index (χ1v) is 10.4. The molecule has 0 radical (unpaired) electrons. The Morgan fingerprint density at radius 2 is 1.96 bits per heavy atom. The first-order valence-electron chi connectivity index (χ1n) is 8.57. The monoisotopic (exact) mass is 386 g/mol. The summed E-state index contributed by atoms with van der Waals surface area (Å²) in [6.07, 6.45) is 0. The van der Waals surface area contributed by atoms with Gasteiger partial charge in [0.2, 0.25) is 0 Å². The molecule has 0 unspecified atom stereocenters. The number of thiophene rings is 1. The van der Waals surface area contributed by atoms with Crippen LogP contribution < -0.4 is 5.56 Å². The van der Waals surface area contributed by atoms with Gasteiger partial charge in [-0.05, 0) is 51.8 Å². The van der Waals surface area contributed by atoms with E-state index in [1.165, 1.54) is 23.1 Å². The van der Waals surface area contributed by atoms with Crippen molar-refractivity contribution in [3.05, 3.63) is 55.7 Å². The van der Waals surface area contributed by atoms with Gasteiger partial charge < -0.3 is 0 Å². The van der Waals surface area contributed by atoms with Crippen molar-refractivity contribution in [1.29, 1.82) is 0 Å². The molecule has 0 saturated heterocycles. The molecule has 0 fully saturated rings. The number of hydrogen-bond acceptors (Lipinski definition) is 5. The minimum atomic E-state index is -0.0129. The van der Waals surface area contributed by atoms with Crippen LogP contribution in [0.1, 0.15) is 38.8 Å². The number of benzene rings is 1. The normalized spacial score (nSPS) is 11.3. The molecule has 0 amide bonds. The standard InChI is InChI=1S/C20H22N2O2S2/c1-6-22-19(24)17-13(4)14(5)26-18(17)21-20(22)25-10-16(23)15-9-11(2)7-8-12(15)3/h7-9H,6,10H2,1-5H3. The molecule has 2 heterocycles. The van der Waals surface area contributed by atoms with E-state index in [-0.39, 0.29) is 17.1 Å². The quantitative estimate of drug-likeness (QED) is 0.363. The third kappa shape index (κ3) is 3.35. The summed E-state index contributed by atoms with van der Waals surface area (Å²) < 4.78 is 1.67. The minimum absolute atomic E-state index is 0.0129. The molecule has 3 aromatic rings. The van der Waals surface area contributed by atoms with Crippen LogP contribution in [-0.4, -0.2) is 21.1 Å². The Morgan fingerprint density at radius 3 is 2.65 bits per heavy atom. The number of thioether (sulfide) groups is 1. The molecule has 26 heavy (non-hydrogen) atoms. The van der Waals surface area contributed by atoms with Gasteiger partial charge >= 0.3 is 0 Å². The SMILES string of the molecule is CCn1c(SCC(=O)c2cc(C)ccc2C)nc2sc(C)c(C)c2c1=O. The number of aryl methyl sites for hydroxylation is 4. The van der Waals surface area contributed by atoms with E-state index in [1.807, 2.05) is 52.8 Å². The van der Waals surface area contributed by atoms with E-state index < -0.39 is 0 Å². The average molecular weight is 387 g/mol. The highest BCUT2D eigenvalue weighted by atomic mass is 32.2. The van der Waals surface area contributed by atoms with E-state index >= 15 is 0 Å². The lowest BCUT2D eigenvalue weighted by Gasteiger charge is -2.10. The Hall–Kier alpha value is -1.92. The lowest BCUT2D eigenvalue weighted by molar-refractivity contribution is 0.102. The van der Waals surface area contributed by atoms with Crippen LogP contribution in [0.2, 0.25) is 0 Å². The van der Waals surface area contributed by atoms with Crippen molar-refractivity contribution < 1.29 is 4.79 Å². The first kappa shape index (κ1) is 18.9. The summed E-state index contributed by atoms with van der Waals surface area (Å²) in [6, 6.07) is 5.90. The van der Waals surface area contributed by atoms with E-state index in [0.29, 0.717) is 17.1 Å². The third-order valence-electron chi connectivity index (χ3n) is 4.60. The number of aromatic nitrogens is 2. The molecular weight excluding hydrogens is 364 g/mol. The van der Waals surface area contributed by atoms with Crippen LogP contribution in [0, 0.1) is 27.7 Å². The molecule has 0 saturated carbocycles. The van der Waals surface area contributed by atoms with Gasteiger partial charge in [0.15, 0.2) is 10.9 Å². The molecule has 4 nitrogen and oxygen atoms in total. The smallest absolute Gasteiger partial charge is 0.263 e. The number of carbonyl (C=O) groups excluding carboxylic acids is 1. The highest BCUT2D eigenvalue weighted by Crippen LogP contribution is 2.28. The second-order valence-electron chi connectivity index (χ2n) is 6.44. The van der Waals surface area contributed by atoms with Crippen LogP contribution >= 0.6 is 23.1 Å². The number of fused-ring (bicyclic) bond motifs is 1. The van der Waals surface area contributed by atoms with Crippen molar-refractivity contribution in [2.45, 2.75) is 46.3 Å². The molecule has 1 aromatic carbocycles. The molecule has 0 N–H and O–H groups in total. The van der Waals surface area contributed by atoms with Crippen LogP contribution in [0.4, 0.5) is 0 Å². The Kier molecular flexibility index (Phi) is 5.34. The Morgan fingerprint density at radius 1 is 1.23 bits per heavy atom. The highest BCUT2D eigenvalue weighted by Gasteiger charge is 2.17. The van der Waals surface area contributed by atoms with E-state index in [4.69, 9.17) is 0 Å². The lowest BCUT2D eigenvalue weighted by atomic mass is 10.0. The molecule has 3 rings (SSSR count). The zero-order chi connectivity index (χ0) is 19.0. The maximum atomic E-state index is 12.9. The summed E-state index contributed by atoms with van der Waals surface area (Å²) in [5.74, 6) is 0.331. The van der Waals surface area contributed by atoms with Crippen LogP contribution in [0.5, 0.6) is 0 Å². The predicted octanol–water partition coefficient (Wildman–Crippen LogP) is 4.69. The number of rotatable bonds is 5. The van der Waals surface area contributed by atoms with Crippen molar-refractivity contribution in [3.8, 4) is 0 Å². The highest BCUT2D eigenvalue weighted by molar-refractivity contribution is 7.99. The van der Waals surface area contributed by atoms with Crippen LogP contribution in [0.25, 0.3) is 10.2 Å². The fourth-order valence-corrected chi connectivity index (χ4v) is 4.96. The van der Waals surface area contributed by atoms with Gasteiger partial charge in [0.25, 0.3) is 5.56 Å². The van der Waals surface area contributed by atoms with Gasteiger partial charge in [-0.15, -0.1) is 11.3 Å². The molecule has 6 heteroatoms. The summed E-state index contributed by atoms with van der Waals surface area (Å²) >= 11 is 2.88. The summed E-state index contributed by atoms with van der Waals surface area (Å²) in [7, 11) is 0. The zero-order valence-electron chi connectivity index (χ0n) is 15.7.